The smallest absolute Gasteiger partial charge is 0.231 e. The lowest BCUT2D eigenvalue weighted by molar-refractivity contribution is -0.119. The van der Waals surface area contributed by atoms with Crippen LogP contribution in [0.1, 0.15) is 12.8 Å². The molecule has 13 heavy (non-hydrogen) atoms. The zero-order chi connectivity index (χ0) is 9.68. The highest BCUT2D eigenvalue weighted by atomic mass is 16.1. The van der Waals surface area contributed by atoms with Crippen LogP contribution in [0.4, 0.5) is 0 Å². The first kappa shape index (κ1) is 10.5. The van der Waals surface area contributed by atoms with Crippen LogP contribution in [0.2, 0.25) is 0 Å². The molecule has 1 heterocycles. The van der Waals surface area contributed by atoms with Crippen LogP contribution < -0.4 is 11.1 Å². The zero-order valence-corrected chi connectivity index (χ0v) is 8.25. The molecule has 0 aromatic heterocycles. The lowest BCUT2D eigenvalue weighted by atomic mass is 9.99. The fourth-order valence-electron chi connectivity index (χ4n) is 1.85. The molecule has 1 fully saturated rings. The van der Waals surface area contributed by atoms with Crippen LogP contribution in [0.3, 0.4) is 0 Å². The molecule has 1 saturated heterocycles. The molecule has 0 saturated carbocycles. The number of carbonyl (C=O) groups excluding carboxylic acids is 1. The van der Waals surface area contributed by atoms with Crippen molar-refractivity contribution in [3.05, 3.63) is 0 Å². The minimum absolute atomic E-state index is 0.244. The van der Waals surface area contributed by atoms with Gasteiger partial charge < -0.3 is 11.1 Å². The third kappa shape index (κ3) is 4.24. The second-order valence-electron chi connectivity index (χ2n) is 3.88. The lowest BCUT2D eigenvalue weighted by Gasteiger charge is -2.26. The Morgan fingerprint density at radius 1 is 1.69 bits per heavy atom. The molecule has 0 aliphatic carbocycles. The Balaban J connectivity index is 2.18. The summed E-state index contributed by atoms with van der Waals surface area (Å²) in [7, 11) is 1.94. The number of nitrogens with zero attached hydrogens (tertiary/aromatic N) is 1. The van der Waals surface area contributed by atoms with Gasteiger partial charge in [-0.3, -0.25) is 9.69 Å². The molecule has 4 heteroatoms. The Morgan fingerprint density at radius 3 is 3.00 bits per heavy atom. The monoisotopic (exact) mass is 185 g/mol. The average Bonchev–Trinajstić information content (AvgIpc) is 2.04. The number of rotatable bonds is 4. The van der Waals surface area contributed by atoms with Crippen LogP contribution in [0.5, 0.6) is 0 Å². The second kappa shape index (κ2) is 5.19. The number of primary amides is 1. The van der Waals surface area contributed by atoms with Crippen molar-refractivity contribution in [2.45, 2.75) is 12.8 Å². The van der Waals surface area contributed by atoms with Crippen LogP contribution >= 0.6 is 0 Å². The minimum Gasteiger partial charge on any atom is -0.369 e. The first-order valence-corrected chi connectivity index (χ1v) is 4.86. The summed E-state index contributed by atoms with van der Waals surface area (Å²) in [6, 6.07) is 0. The van der Waals surface area contributed by atoms with E-state index in [9.17, 15) is 4.79 Å². The molecule has 1 unspecified atom stereocenters. The van der Waals surface area contributed by atoms with Crippen LogP contribution in [-0.2, 0) is 4.79 Å². The number of likely N-dealkylation sites (N-methyl/N-ethyl adjacent to an activating group) is 1. The van der Waals surface area contributed by atoms with Gasteiger partial charge in [0.15, 0.2) is 0 Å². The summed E-state index contributed by atoms with van der Waals surface area (Å²) in [5.41, 5.74) is 5.10. The number of nitrogens with one attached hydrogen (secondary N) is 1. The van der Waals surface area contributed by atoms with E-state index in [0.29, 0.717) is 12.5 Å². The third-order valence-corrected chi connectivity index (χ3v) is 2.39. The lowest BCUT2D eigenvalue weighted by Crippen LogP contribution is -2.39. The fourth-order valence-corrected chi connectivity index (χ4v) is 1.85. The van der Waals surface area contributed by atoms with Gasteiger partial charge in [0.05, 0.1) is 6.54 Å². The van der Waals surface area contributed by atoms with Crippen LogP contribution in [0, 0.1) is 5.92 Å². The number of hydrogen-bond acceptors (Lipinski definition) is 3. The Kier molecular flexibility index (Phi) is 4.18. The van der Waals surface area contributed by atoms with Crippen LogP contribution in [-0.4, -0.2) is 44.0 Å². The highest BCUT2D eigenvalue weighted by Gasteiger charge is 2.15. The molecule has 3 N–H and O–H groups in total. The second-order valence-corrected chi connectivity index (χ2v) is 3.88. The van der Waals surface area contributed by atoms with Crippen molar-refractivity contribution in [1.82, 2.24) is 10.2 Å². The number of hydrogen-bond donors (Lipinski definition) is 2. The van der Waals surface area contributed by atoms with E-state index in [1.54, 1.807) is 0 Å². The minimum atomic E-state index is -0.244. The molecule has 76 valence electrons. The highest BCUT2D eigenvalue weighted by Crippen LogP contribution is 2.10. The summed E-state index contributed by atoms with van der Waals surface area (Å²) >= 11 is 0. The quantitative estimate of drug-likeness (QED) is 0.615. The number of amides is 1. The standard InChI is InChI=1S/C9H19N3O/c1-12(7-9(10)13)6-8-3-2-4-11-5-8/h8,11H,2-7H2,1H3,(H2,10,13). The van der Waals surface area contributed by atoms with Crippen molar-refractivity contribution in [3.8, 4) is 0 Å². The molecule has 1 aliphatic rings. The summed E-state index contributed by atoms with van der Waals surface area (Å²) in [6.45, 7) is 3.55. The van der Waals surface area contributed by atoms with Gasteiger partial charge in [0, 0.05) is 6.54 Å². The van der Waals surface area contributed by atoms with Crippen molar-refractivity contribution >= 4 is 5.91 Å². The first-order chi connectivity index (χ1) is 6.18. The molecule has 1 aliphatic heterocycles. The predicted octanol–water partition coefficient (Wildman–Crippen LogP) is -0.597. The molecule has 0 spiro atoms. The van der Waals surface area contributed by atoms with Gasteiger partial charge in [-0.15, -0.1) is 0 Å². The van der Waals surface area contributed by atoms with Gasteiger partial charge in [-0.1, -0.05) is 0 Å². The van der Waals surface area contributed by atoms with Crippen molar-refractivity contribution in [2.24, 2.45) is 11.7 Å². The van der Waals surface area contributed by atoms with Crippen LogP contribution in [0.15, 0.2) is 0 Å². The summed E-state index contributed by atoms with van der Waals surface area (Å²) in [6.07, 6.45) is 2.51. The maximum absolute atomic E-state index is 10.6. The van der Waals surface area contributed by atoms with Gasteiger partial charge in [0.1, 0.15) is 0 Å². The summed E-state index contributed by atoms with van der Waals surface area (Å²) in [5, 5.41) is 3.35. The maximum atomic E-state index is 10.6. The van der Waals surface area contributed by atoms with Gasteiger partial charge in [-0.05, 0) is 38.9 Å². The summed E-state index contributed by atoms with van der Waals surface area (Å²) in [4.78, 5) is 12.6. The van der Waals surface area contributed by atoms with Gasteiger partial charge in [0.25, 0.3) is 0 Å². The van der Waals surface area contributed by atoms with E-state index >= 15 is 0 Å². The summed E-state index contributed by atoms with van der Waals surface area (Å²) < 4.78 is 0. The maximum Gasteiger partial charge on any atom is 0.231 e. The molecule has 1 atom stereocenters. The largest absolute Gasteiger partial charge is 0.369 e. The van der Waals surface area contributed by atoms with E-state index in [-0.39, 0.29) is 5.91 Å². The normalized spacial score (nSPS) is 23.4. The van der Waals surface area contributed by atoms with Crippen molar-refractivity contribution in [1.29, 1.82) is 0 Å². The molecule has 0 bridgehead atoms. The van der Waals surface area contributed by atoms with Gasteiger partial charge in [-0.25, -0.2) is 0 Å². The van der Waals surface area contributed by atoms with E-state index in [1.807, 2.05) is 11.9 Å². The number of carbonyl (C=O) groups is 1. The Hall–Kier alpha value is -0.610. The van der Waals surface area contributed by atoms with Gasteiger partial charge in [0.2, 0.25) is 5.91 Å². The van der Waals surface area contributed by atoms with Gasteiger partial charge >= 0.3 is 0 Å². The average molecular weight is 185 g/mol. The highest BCUT2D eigenvalue weighted by molar-refractivity contribution is 5.75. The summed E-state index contributed by atoms with van der Waals surface area (Å²) in [5.74, 6) is 0.435. The number of piperidine rings is 1. The molecule has 0 aromatic rings. The SMILES string of the molecule is CN(CC(N)=O)CC1CCCNC1. The molecule has 4 nitrogen and oxygen atoms in total. The molecule has 1 amide bonds. The Labute approximate surface area is 79.5 Å². The molecular formula is C9H19N3O. The zero-order valence-electron chi connectivity index (χ0n) is 8.25. The number of nitrogens with two attached hydrogens (primary N) is 1. The van der Waals surface area contributed by atoms with E-state index in [0.717, 1.165) is 19.6 Å². The van der Waals surface area contributed by atoms with Gasteiger partial charge in [-0.2, -0.15) is 0 Å². The molecule has 0 radical (unpaired) electrons. The van der Waals surface area contributed by atoms with Crippen molar-refractivity contribution in [3.63, 3.8) is 0 Å². The third-order valence-electron chi connectivity index (χ3n) is 2.39. The molecular weight excluding hydrogens is 166 g/mol. The van der Waals surface area contributed by atoms with E-state index in [2.05, 4.69) is 5.32 Å². The first-order valence-electron chi connectivity index (χ1n) is 4.86. The predicted molar refractivity (Wildman–Crippen MR) is 52.3 cm³/mol. The van der Waals surface area contributed by atoms with E-state index < -0.39 is 0 Å². The topological polar surface area (TPSA) is 58.4 Å². The van der Waals surface area contributed by atoms with E-state index in [1.165, 1.54) is 12.8 Å². The van der Waals surface area contributed by atoms with Crippen LogP contribution in [0.25, 0.3) is 0 Å². The Morgan fingerprint density at radius 2 is 2.46 bits per heavy atom. The van der Waals surface area contributed by atoms with Crippen molar-refractivity contribution in [2.75, 3.05) is 33.2 Å². The Bertz CT molecular complexity index is 166. The van der Waals surface area contributed by atoms with E-state index in [4.69, 9.17) is 5.73 Å². The molecule has 1 rings (SSSR count). The fraction of sp³-hybridized carbons (Fsp3) is 0.889. The van der Waals surface area contributed by atoms with Crippen molar-refractivity contribution < 1.29 is 4.79 Å². The molecule has 0 aromatic carbocycles.